The van der Waals surface area contributed by atoms with Crippen LogP contribution in [-0.4, -0.2) is 30.1 Å². The maximum Gasteiger partial charge on any atom is 0.414 e. The van der Waals surface area contributed by atoms with Crippen LogP contribution in [0.1, 0.15) is 29.0 Å². The molecule has 6 nitrogen and oxygen atoms in total. The number of hydrogen-bond donors (Lipinski definition) is 1. The van der Waals surface area contributed by atoms with E-state index in [0.29, 0.717) is 18.7 Å². The van der Waals surface area contributed by atoms with Gasteiger partial charge in [0, 0.05) is 17.4 Å². The van der Waals surface area contributed by atoms with Gasteiger partial charge >= 0.3 is 6.09 Å². The monoisotopic (exact) mass is 311 g/mol. The van der Waals surface area contributed by atoms with E-state index in [4.69, 9.17) is 4.74 Å². The average molecular weight is 311 g/mol. The number of amides is 2. The van der Waals surface area contributed by atoms with Crippen molar-refractivity contribution in [2.45, 2.75) is 13.0 Å². The fourth-order valence-corrected chi connectivity index (χ4v) is 2.41. The molecule has 1 N–H and O–H groups in total. The van der Waals surface area contributed by atoms with Crippen LogP contribution in [0.2, 0.25) is 0 Å². The van der Waals surface area contributed by atoms with E-state index in [0.717, 1.165) is 11.4 Å². The molecule has 1 aromatic heterocycles. The van der Waals surface area contributed by atoms with Gasteiger partial charge in [0.15, 0.2) is 0 Å². The number of nitrogens with one attached hydrogen (secondary N) is 1. The van der Waals surface area contributed by atoms with E-state index in [-0.39, 0.29) is 18.0 Å². The zero-order chi connectivity index (χ0) is 16.2. The first-order chi connectivity index (χ1) is 11.1. The van der Waals surface area contributed by atoms with E-state index in [1.807, 2.05) is 25.1 Å². The number of benzene rings is 1. The average Bonchev–Trinajstić information content (AvgIpc) is 3.02. The lowest BCUT2D eigenvalue weighted by atomic mass is 10.1. The molecule has 0 spiro atoms. The summed E-state index contributed by atoms with van der Waals surface area (Å²) in [6, 6.07) is 12.3. The summed E-state index contributed by atoms with van der Waals surface area (Å²) in [6.45, 7) is 2.80. The van der Waals surface area contributed by atoms with Crippen molar-refractivity contribution < 1.29 is 14.3 Å². The number of ether oxygens (including phenoxy) is 1. The van der Waals surface area contributed by atoms with Crippen LogP contribution in [0.15, 0.2) is 48.7 Å². The third-order valence-electron chi connectivity index (χ3n) is 3.68. The zero-order valence-corrected chi connectivity index (χ0v) is 12.7. The van der Waals surface area contributed by atoms with E-state index >= 15 is 0 Å². The first-order valence-corrected chi connectivity index (χ1v) is 7.41. The fraction of sp³-hybridized carbons (Fsp3) is 0.235. The highest BCUT2D eigenvalue weighted by atomic mass is 16.6. The Kier molecular flexibility index (Phi) is 4.23. The van der Waals surface area contributed by atoms with Gasteiger partial charge in [0.05, 0.1) is 18.3 Å². The van der Waals surface area contributed by atoms with Crippen molar-refractivity contribution in [2.24, 2.45) is 0 Å². The minimum absolute atomic E-state index is 0.182. The number of nitrogens with zero attached hydrogens (tertiary/aromatic N) is 2. The minimum atomic E-state index is -0.356. The first kappa shape index (κ1) is 15.0. The molecule has 3 rings (SSSR count). The molecule has 1 atom stereocenters. The van der Waals surface area contributed by atoms with Gasteiger partial charge in [-0.1, -0.05) is 6.07 Å². The highest BCUT2D eigenvalue weighted by molar-refractivity contribution is 5.95. The third-order valence-corrected chi connectivity index (χ3v) is 3.68. The molecule has 0 aliphatic carbocycles. The molecule has 1 fully saturated rings. The Bertz CT molecular complexity index is 701. The normalized spacial score (nSPS) is 15.2. The lowest BCUT2D eigenvalue weighted by Gasteiger charge is -2.15. The standard InChI is InChI=1S/C17H17N3O3/c1-12(15-4-2-3-9-18-15)19-16(21)13-5-7-14(8-6-13)20-10-11-23-17(20)22/h2-9,12H,10-11H2,1H3,(H,19,21). The molecular weight excluding hydrogens is 294 g/mol. The van der Waals surface area contributed by atoms with E-state index in [1.54, 1.807) is 30.5 Å². The van der Waals surface area contributed by atoms with Crippen molar-refractivity contribution in [3.63, 3.8) is 0 Å². The largest absolute Gasteiger partial charge is 0.447 e. The number of pyridine rings is 1. The highest BCUT2D eigenvalue weighted by Gasteiger charge is 2.23. The predicted molar refractivity (Wildman–Crippen MR) is 85.3 cm³/mol. The Morgan fingerprint density at radius 3 is 2.65 bits per heavy atom. The molecule has 1 unspecified atom stereocenters. The number of carbonyl (C=O) groups excluding carboxylic acids is 2. The lowest BCUT2D eigenvalue weighted by molar-refractivity contribution is 0.0939. The summed E-state index contributed by atoms with van der Waals surface area (Å²) in [4.78, 5) is 29.6. The minimum Gasteiger partial charge on any atom is -0.447 e. The molecule has 0 bridgehead atoms. The molecule has 1 saturated heterocycles. The van der Waals surface area contributed by atoms with Crippen molar-refractivity contribution in [1.29, 1.82) is 0 Å². The van der Waals surface area contributed by atoms with Gasteiger partial charge in [-0.2, -0.15) is 0 Å². The van der Waals surface area contributed by atoms with E-state index in [9.17, 15) is 9.59 Å². The Labute approximate surface area is 134 Å². The van der Waals surface area contributed by atoms with Crippen molar-refractivity contribution in [3.8, 4) is 0 Å². The number of rotatable bonds is 4. The van der Waals surface area contributed by atoms with Crippen LogP contribution in [0, 0.1) is 0 Å². The molecule has 118 valence electrons. The summed E-state index contributed by atoms with van der Waals surface area (Å²) >= 11 is 0. The molecule has 0 saturated carbocycles. The Balaban J connectivity index is 1.67. The van der Waals surface area contributed by atoms with Gasteiger partial charge in [-0.05, 0) is 43.3 Å². The van der Waals surface area contributed by atoms with Gasteiger partial charge in [-0.3, -0.25) is 14.7 Å². The van der Waals surface area contributed by atoms with Gasteiger partial charge in [-0.15, -0.1) is 0 Å². The summed E-state index contributed by atoms with van der Waals surface area (Å²) in [5.74, 6) is -0.182. The smallest absolute Gasteiger partial charge is 0.414 e. The molecule has 1 aliphatic rings. The van der Waals surface area contributed by atoms with Crippen LogP contribution in [0.25, 0.3) is 0 Å². The first-order valence-electron chi connectivity index (χ1n) is 7.41. The summed E-state index contributed by atoms with van der Waals surface area (Å²) in [5, 5.41) is 2.90. The number of anilines is 1. The fourth-order valence-electron chi connectivity index (χ4n) is 2.41. The van der Waals surface area contributed by atoms with Crippen LogP contribution in [-0.2, 0) is 4.74 Å². The maximum atomic E-state index is 12.3. The Morgan fingerprint density at radius 2 is 2.04 bits per heavy atom. The summed E-state index contributed by atoms with van der Waals surface area (Å²) < 4.78 is 4.90. The Morgan fingerprint density at radius 1 is 1.26 bits per heavy atom. The highest BCUT2D eigenvalue weighted by Crippen LogP contribution is 2.19. The molecule has 23 heavy (non-hydrogen) atoms. The molecule has 2 heterocycles. The van der Waals surface area contributed by atoms with Crippen molar-refractivity contribution in [1.82, 2.24) is 10.3 Å². The van der Waals surface area contributed by atoms with Crippen LogP contribution in [0.5, 0.6) is 0 Å². The number of carbonyl (C=O) groups is 2. The second-order valence-corrected chi connectivity index (χ2v) is 5.26. The summed E-state index contributed by atoms with van der Waals surface area (Å²) in [7, 11) is 0. The quantitative estimate of drug-likeness (QED) is 0.942. The number of cyclic esters (lactones) is 1. The van der Waals surface area contributed by atoms with Crippen LogP contribution in [0.3, 0.4) is 0 Å². The molecule has 1 aliphatic heterocycles. The molecule has 1 aromatic carbocycles. The van der Waals surface area contributed by atoms with Gasteiger partial charge < -0.3 is 10.1 Å². The van der Waals surface area contributed by atoms with Crippen molar-refractivity contribution in [2.75, 3.05) is 18.1 Å². The van der Waals surface area contributed by atoms with Gasteiger partial charge in [0.25, 0.3) is 5.91 Å². The van der Waals surface area contributed by atoms with Crippen molar-refractivity contribution >= 4 is 17.7 Å². The molecular formula is C17H17N3O3. The second-order valence-electron chi connectivity index (χ2n) is 5.26. The third kappa shape index (κ3) is 3.31. The van der Waals surface area contributed by atoms with E-state index < -0.39 is 0 Å². The predicted octanol–water partition coefficient (Wildman–Crippen LogP) is 2.53. The van der Waals surface area contributed by atoms with Gasteiger partial charge in [-0.25, -0.2) is 4.79 Å². The van der Waals surface area contributed by atoms with E-state index in [1.165, 1.54) is 4.90 Å². The number of aromatic nitrogens is 1. The second kappa shape index (κ2) is 6.48. The topological polar surface area (TPSA) is 71.5 Å². The molecule has 2 aromatic rings. The SMILES string of the molecule is CC(NC(=O)c1ccc(N2CCOC2=O)cc1)c1ccccn1. The van der Waals surface area contributed by atoms with Crippen molar-refractivity contribution in [3.05, 3.63) is 59.9 Å². The molecule has 0 radical (unpaired) electrons. The van der Waals surface area contributed by atoms with Crippen LogP contribution in [0.4, 0.5) is 10.5 Å². The maximum absolute atomic E-state index is 12.3. The molecule has 6 heteroatoms. The zero-order valence-electron chi connectivity index (χ0n) is 12.7. The van der Waals surface area contributed by atoms with Crippen LogP contribution < -0.4 is 10.2 Å². The Hall–Kier alpha value is -2.89. The molecule has 2 amide bonds. The van der Waals surface area contributed by atoms with Gasteiger partial charge in [0.2, 0.25) is 0 Å². The summed E-state index contributed by atoms with van der Waals surface area (Å²) in [5.41, 5.74) is 2.06. The summed E-state index contributed by atoms with van der Waals surface area (Å²) in [6.07, 6.45) is 1.34. The number of hydrogen-bond acceptors (Lipinski definition) is 4. The van der Waals surface area contributed by atoms with Gasteiger partial charge in [0.1, 0.15) is 6.61 Å². The van der Waals surface area contributed by atoms with Crippen LogP contribution >= 0.6 is 0 Å². The lowest BCUT2D eigenvalue weighted by Crippen LogP contribution is -2.27. The van der Waals surface area contributed by atoms with E-state index in [2.05, 4.69) is 10.3 Å².